The van der Waals surface area contributed by atoms with Gasteiger partial charge in [0.25, 0.3) is 0 Å². The topological polar surface area (TPSA) is 3.24 Å². The highest BCUT2D eigenvalue weighted by Crippen LogP contribution is 2.35. The standard InChI is InChI=1S/C45H33N/c1-32-19-21-33(22-20-32)23-24-34-25-27-36(28-26-34)46(35-11-3-2-4-12-35)37-29-30-44-42-17-8-7-15-40(42)38-13-5-6-14-39(38)41-16-9-10-18-43(41)45(44)31-37/h2-31H,1H3. The summed E-state index contributed by atoms with van der Waals surface area (Å²) in [6, 6.07) is 61.5. The Morgan fingerprint density at radius 3 is 1.20 bits per heavy atom. The summed E-state index contributed by atoms with van der Waals surface area (Å²) in [4.78, 5) is 2.36. The molecule has 0 aliphatic heterocycles. The number of hydrogen-bond donors (Lipinski definition) is 0. The van der Waals surface area contributed by atoms with Crippen molar-refractivity contribution in [2.75, 3.05) is 4.90 Å². The minimum absolute atomic E-state index is 1.11. The van der Waals surface area contributed by atoms with E-state index in [2.05, 4.69) is 194 Å². The van der Waals surface area contributed by atoms with Gasteiger partial charge in [-0.1, -0.05) is 151 Å². The summed E-state index contributed by atoms with van der Waals surface area (Å²) >= 11 is 0. The Balaban J connectivity index is 1.37. The van der Waals surface area contributed by atoms with Crippen LogP contribution in [0.3, 0.4) is 0 Å². The van der Waals surface area contributed by atoms with Crippen molar-refractivity contribution in [1.82, 2.24) is 0 Å². The fourth-order valence-corrected chi connectivity index (χ4v) is 6.62. The van der Waals surface area contributed by atoms with Gasteiger partial charge in [-0.15, -0.1) is 0 Å². The van der Waals surface area contributed by atoms with Crippen LogP contribution in [-0.2, 0) is 0 Å². The average Bonchev–Trinajstić information content (AvgIpc) is 3.12. The van der Waals surface area contributed by atoms with E-state index < -0.39 is 0 Å². The number of rotatable bonds is 5. The maximum Gasteiger partial charge on any atom is 0.0468 e. The molecule has 0 saturated heterocycles. The lowest BCUT2D eigenvalue weighted by Crippen LogP contribution is -2.10. The second kappa shape index (κ2) is 11.9. The van der Waals surface area contributed by atoms with E-state index in [0.29, 0.717) is 0 Å². The molecule has 7 aromatic rings. The molecule has 1 heteroatoms. The fraction of sp³-hybridized carbons (Fsp3) is 0.0222. The van der Waals surface area contributed by atoms with Crippen molar-refractivity contribution in [2.24, 2.45) is 0 Å². The zero-order chi connectivity index (χ0) is 30.9. The number of nitrogens with zero attached hydrogens (tertiary/aromatic N) is 1. The van der Waals surface area contributed by atoms with Gasteiger partial charge in [0.2, 0.25) is 0 Å². The van der Waals surface area contributed by atoms with Crippen molar-refractivity contribution in [3.63, 3.8) is 0 Å². The van der Waals surface area contributed by atoms with Gasteiger partial charge in [-0.2, -0.15) is 0 Å². The van der Waals surface area contributed by atoms with Crippen LogP contribution < -0.4 is 4.90 Å². The molecule has 0 amide bonds. The highest BCUT2D eigenvalue weighted by Gasteiger charge is 2.13. The third-order valence-electron chi connectivity index (χ3n) is 8.91. The zero-order valence-electron chi connectivity index (χ0n) is 25.8. The van der Waals surface area contributed by atoms with Crippen LogP contribution >= 0.6 is 0 Å². The molecule has 0 aromatic heterocycles. The number of hydrogen-bond acceptors (Lipinski definition) is 1. The third-order valence-corrected chi connectivity index (χ3v) is 8.91. The van der Waals surface area contributed by atoms with Crippen LogP contribution in [0, 0.1) is 48.7 Å². The molecule has 46 heavy (non-hydrogen) atoms. The van der Waals surface area contributed by atoms with Crippen molar-refractivity contribution < 1.29 is 0 Å². The van der Waals surface area contributed by atoms with Crippen molar-refractivity contribution in [3.8, 4) is 0 Å². The molecule has 7 aromatic carbocycles. The molecule has 0 heterocycles. The number of fused-ring (bicyclic) bond motifs is 4. The van der Waals surface area contributed by atoms with Gasteiger partial charge in [0.15, 0.2) is 0 Å². The molecular formula is C45H33N. The predicted octanol–water partition coefficient (Wildman–Crippen LogP) is 11.1. The minimum Gasteiger partial charge on any atom is -0.310 e. The van der Waals surface area contributed by atoms with Crippen LogP contribution in [-0.4, -0.2) is 0 Å². The van der Waals surface area contributed by atoms with E-state index in [1.807, 2.05) is 0 Å². The molecule has 0 atom stereocenters. The molecule has 0 N–H and O–H groups in total. The van der Waals surface area contributed by atoms with E-state index in [1.54, 1.807) is 0 Å². The summed E-state index contributed by atoms with van der Waals surface area (Å²) in [5.41, 5.74) is 6.99. The Bertz CT molecular complexity index is 2620. The van der Waals surface area contributed by atoms with E-state index in [1.165, 1.54) is 58.4 Å². The van der Waals surface area contributed by atoms with E-state index in [0.717, 1.165) is 17.1 Å². The molecule has 218 valence electrons. The second-order valence-corrected chi connectivity index (χ2v) is 11.9. The Labute approximate surface area is 268 Å². The number of para-hydroxylation sites is 1. The van der Waals surface area contributed by atoms with Crippen molar-refractivity contribution in [1.29, 1.82) is 0 Å². The summed E-state index contributed by atoms with van der Waals surface area (Å²) < 4.78 is 0. The Kier molecular flexibility index (Phi) is 7.13. The summed E-state index contributed by atoms with van der Waals surface area (Å²) in [7, 11) is 0. The Morgan fingerprint density at radius 1 is 0.326 bits per heavy atom. The molecule has 1 aliphatic carbocycles. The first-order valence-electron chi connectivity index (χ1n) is 15.9. The Morgan fingerprint density at radius 2 is 0.696 bits per heavy atom. The smallest absolute Gasteiger partial charge is 0.0468 e. The van der Waals surface area contributed by atoms with Crippen LogP contribution in [0.5, 0.6) is 0 Å². The number of benzene rings is 7. The van der Waals surface area contributed by atoms with E-state index >= 15 is 0 Å². The maximum absolute atomic E-state index is 2.37. The highest BCUT2D eigenvalue weighted by molar-refractivity contribution is 5.78. The predicted molar refractivity (Wildman–Crippen MR) is 191 cm³/mol. The van der Waals surface area contributed by atoms with Gasteiger partial charge in [-0.3, -0.25) is 0 Å². The van der Waals surface area contributed by atoms with Gasteiger partial charge in [0.1, 0.15) is 0 Å². The summed E-state index contributed by atoms with van der Waals surface area (Å²) in [6.07, 6.45) is 4.35. The lowest BCUT2D eigenvalue weighted by Gasteiger charge is -2.25. The lowest BCUT2D eigenvalue weighted by atomic mass is 10.0. The van der Waals surface area contributed by atoms with Crippen molar-refractivity contribution in [2.45, 2.75) is 6.92 Å². The monoisotopic (exact) mass is 587 g/mol. The second-order valence-electron chi connectivity index (χ2n) is 11.9. The maximum atomic E-state index is 2.37. The van der Waals surface area contributed by atoms with Gasteiger partial charge in [0, 0.05) is 17.1 Å². The Hall–Kier alpha value is -5.92. The first-order valence-corrected chi connectivity index (χ1v) is 15.9. The van der Waals surface area contributed by atoms with Crippen LogP contribution in [0.1, 0.15) is 16.7 Å². The molecule has 0 fully saturated rings. The third kappa shape index (κ3) is 5.12. The summed E-state index contributed by atoms with van der Waals surface area (Å²) in [5.74, 6) is 0. The average molecular weight is 588 g/mol. The lowest BCUT2D eigenvalue weighted by molar-refractivity contribution is 1.24. The molecule has 8 rings (SSSR count). The molecule has 0 unspecified atom stereocenters. The summed E-state index contributed by atoms with van der Waals surface area (Å²) in [5, 5.41) is 10.0. The zero-order valence-corrected chi connectivity index (χ0v) is 25.8. The molecule has 0 spiro atoms. The van der Waals surface area contributed by atoms with Crippen LogP contribution in [0.2, 0.25) is 0 Å². The van der Waals surface area contributed by atoms with Gasteiger partial charge in [0.05, 0.1) is 0 Å². The molecular weight excluding hydrogens is 555 g/mol. The largest absolute Gasteiger partial charge is 0.310 e. The van der Waals surface area contributed by atoms with E-state index in [4.69, 9.17) is 0 Å². The molecule has 1 aliphatic rings. The van der Waals surface area contributed by atoms with Crippen LogP contribution in [0.15, 0.2) is 170 Å². The minimum atomic E-state index is 1.11. The van der Waals surface area contributed by atoms with Crippen LogP contribution in [0.25, 0.3) is 12.2 Å². The van der Waals surface area contributed by atoms with Crippen molar-refractivity contribution >= 4 is 29.2 Å². The van der Waals surface area contributed by atoms with Gasteiger partial charge < -0.3 is 4.90 Å². The molecule has 0 saturated carbocycles. The first kappa shape index (κ1) is 27.6. The fourth-order valence-electron chi connectivity index (χ4n) is 6.62. The highest BCUT2D eigenvalue weighted by atomic mass is 15.1. The van der Waals surface area contributed by atoms with E-state index in [-0.39, 0.29) is 0 Å². The quantitative estimate of drug-likeness (QED) is 0.181. The summed E-state index contributed by atoms with van der Waals surface area (Å²) in [6.45, 7) is 2.12. The van der Waals surface area contributed by atoms with Gasteiger partial charge >= 0.3 is 0 Å². The number of anilines is 3. The van der Waals surface area contributed by atoms with Crippen LogP contribution in [0.4, 0.5) is 17.1 Å². The van der Waals surface area contributed by atoms with Gasteiger partial charge in [-0.25, -0.2) is 0 Å². The van der Waals surface area contributed by atoms with E-state index in [9.17, 15) is 0 Å². The van der Waals surface area contributed by atoms with Crippen molar-refractivity contribution in [3.05, 3.63) is 228 Å². The van der Waals surface area contributed by atoms with Gasteiger partial charge in [-0.05, 0) is 96.2 Å². The SMILES string of the molecule is Cc1ccc(C=Cc2ccc(N(c3ccccc3)c3ccc4c(c3)=c3ccccc3=c3ccccc3=c3ccccc3=4)cc2)cc1. The molecule has 0 bridgehead atoms. The molecule has 0 radical (unpaired) electrons. The first-order chi connectivity index (χ1) is 22.7. The molecule has 1 nitrogen and oxygen atoms in total. The normalized spacial score (nSPS) is 11.5. The number of aryl methyl sites for hydroxylation is 1.